The SMILES string of the molecule is CCNC(=NCCCN1CCN(C)CC1c1ccccc1)N1CCC(C(=O)OC)CC1. The molecule has 0 aromatic heterocycles. The number of carbonyl (C=O) groups is 1. The van der Waals surface area contributed by atoms with Crippen molar-refractivity contribution in [3.05, 3.63) is 35.9 Å². The minimum atomic E-state index is -0.0817. The topological polar surface area (TPSA) is 60.4 Å². The maximum absolute atomic E-state index is 11.8. The van der Waals surface area contributed by atoms with Gasteiger partial charge < -0.3 is 19.9 Å². The minimum Gasteiger partial charge on any atom is -0.469 e. The summed E-state index contributed by atoms with van der Waals surface area (Å²) in [6.45, 7) is 9.81. The van der Waals surface area contributed by atoms with Crippen molar-refractivity contribution in [3.63, 3.8) is 0 Å². The van der Waals surface area contributed by atoms with E-state index in [9.17, 15) is 4.79 Å². The molecule has 0 spiro atoms. The molecule has 172 valence electrons. The number of benzene rings is 1. The Morgan fingerprint density at radius 3 is 2.58 bits per heavy atom. The van der Waals surface area contributed by atoms with E-state index in [1.165, 1.54) is 12.7 Å². The molecule has 0 aliphatic carbocycles. The molecule has 2 aliphatic rings. The lowest BCUT2D eigenvalue weighted by Gasteiger charge is -2.40. The Morgan fingerprint density at radius 1 is 1.16 bits per heavy atom. The molecule has 7 nitrogen and oxygen atoms in total. The molecule has 1 unspecified atom stereocenters. The minimum absolute atomic E-state index is 0.0243. The third kappa shape index (κ3) is 6.68. The first kappa shape index (κ1) is 23.5. The van der Waals surface area contributed by atoms with Gasteiger partial charge in [0.2, 0.25) is 0 Å². The van der Waals surface area contributed by atoms with E-state index in [1.54, 1.807) is 0 Å². The Bertz CT molecular complexity index is 703. The summed E-state index contributed by atoms with van der Waals surface area (Å²) in [6.07, 6.45) is 2.70. The van der Waals surface area contributed by atoms with E-state index >= 15 is 0 Å². The van der Waals surface area contributed by atoms with Crippen molar-refractivity contribution in [1.29, 1.82) is 0 Å². The molecule has 2 aliphatic heterocycles. The molecule has 2 saturated heterocycles. The molecule has 0 bridgehead atoms. The number of hydrogen-bond donors (Lipinski definition) is 1. The highest BCUT2D eigenvalue weighted by molar-refractivity contribution is 5.80. The number of likely N-dealkylation sites (tertiary alicyclic amines) is 1. The average molecular weight is 430 g/mol. The van der Waals surface area contributed by atoms with Crippen LogP contribution in [0.2, 0.25) is 0 Å². The first-order valence-electron chi connectivity index (χ1n) is 11.7. The Morgan fingerprint density at radius 2 is 1.90 bits per heavy atom. The van der Waals surface area contributed by atoms with Crippen LogP contribution in [0.4, 0.5) is 0 Å². The van der Waals surface area contributed by atoms with Crippen LogP contribution in [0, 0.1) is 5.92 Å². The second kappa shape index (κ2) is 12.1. The molecule has 1 N–H and O–H groups in total. The summed E-state index contributed by atoms with van der Waals surface area (Å²) in [6, 6.07) is 11.3. The summed E-state index contributed by atoms with van der Waals surface area (Å²) in [5.74, 6) is 0.918. The summed E-state index contributed by atoms with van der Waals surface area (Å²) in [7, 11) is 3.69. The van der Waals surface area contributed by atoms with Gasteiger partial charge in [-0.25, -0.2) is 0 Å². The van der Waals surface area contributed by atoms with Gasteiger partial charge >= 0.3 is 5.97 Å². The number of rotatable bonds is 7. The van der Waals surface area contributed by atoms with E-state index in [2.05, 4.69) is 64.3 Å². The molecule has 1 aromatic carbocycles. The molecule has 1 atom stereocenters. The number of methoxy groups -OCH3 is 1. The number of likely N-dealkylation sites (N-methyl/N-ethyl adjacent to an activating group) is 1. The number of ether oxygens (including phenoxy) is 1. The van der Waals surface area contributed by atoms with E-state index in [0.29, 0.717) is 6.04 Å². The van der Waals surface area contributed by atoms with Gasteiger partial charge in [0.05, 0.1) is 13.0 Å². The van der Waals surface area contributed by atoms with Gasteiger partial charge in [0, 0.05) is 58.4 Å². The number of nitrogens with one attached hydrogen (secondary N) is 1. The van der Waals surface area contributed by atoms with Gasteiger partial charge in [-0.1, -0.05) is 30.3 Å². The third-order valence-electron chi connectivity index (χ3n) is 6.41. The van der Waals surface area contributed by atoms with E-state index in [4.69, 9.17) is 9.73 Å². The lowest BCUT2D eigenvalue weighted by atomic mass is 9.97. The van der Waals surface area contributed by atoms with Crippen molar-refractivity contribution in [3.8, 4) is 0 Å². The Hall–Kier alpha value is -2.12. The van der Waals surface area contributed by atoms with E-state index < -0.39 is 0 Å². The zero-order valence-corrected chi connectivity index (χ0v) is 19.4. The predicted octanol–water partition coefficient (Wildman–Crippen LogP) is 2.22. The van der Waals surface area contributed by atoms with E-state index in [0.717, 1.165) is 77.6 Å². The number of guanidine groups is 1. The van der Waals surface area contributed by atoms with Crippen LogP contribution in [0.3, 0.4) is 0 Å². The van der Waals surface area contributed by atoms with Crippen molar-refractivity contribution in [2.24, 2.45) is 10.9 Å². The van der Waals surface area contributed by atoms with Crippen molar-refractivity contribution >= 4 is 11.9 Å². The maximum Gasteiger partial charge on any atom is 0.308 e. The molecule has 0 saturated carbocycles. The van der Waals surface area contributed by atoms with Crippen molar-refractivity contribution in [1.82, 2.24) is 20.0 Å². The van der Waals surface area contributed by atoms with Gasteiger partial charge in [-0.3, -0.25) is 14.7 Å². The van der Waals surface area contributed by atoms with E-state index in [1.807, 2.05) is 0 Å². The second-order valence-electron chi connectivity index (χ2n) is 8.60. The van der Waals surface area contributed by atoms with Gasteiger partial charge in [0.1, 0.15) is 0 Å². The highest BCUT2D eigenvalue weighted by Crippen LogP contribution is 2.25. The Kier molecular flexibility index (Phi) is 9.15. The first-order chi connectivity index (χ1) is 15.1. The molecule has 31 heavy (non-hydrogen) atoms. The van der Waals surface area contributed by atoms with Crippen molar-refractivity contribution in [2.75, 3.05) is 66.5 Å². The standard InChI is InChI=1S/C24H39N5O2/c1-4-25-24(29-15-11-21(12-16-29)23(30)31-3)26-13-8-14-28-18-17-27(2)19-22(28)20-9-6-5-7-10-20/h5-7,9-10,21-22H,4,8,11-19H2,1-3H3,(H,25,26). The van der Waals surface area contributed by atoms with Crippen LogP contribution in [0.5, 0.6) is 0 Å². The Balaban J connectivity index is 1.52. The molecule has 2 heterocycles. The largest absolute Gasteiger partial charge is 0.469 e. The van der Waals surface area contributed by atoms with Gasteiger partial charge in [-0.15, -0.1) is 0 Å². The predicted molar refractivity (Wildman–Crippen MR) is 125 cm³/mol. The fourth-order valence-corrected chi connectivity index (χ4v) is 4.59. The monoisotopic (exact) mass is 429 g/mol. The molecular formula is C24H39N5O2. The maximum atomic E-state index is 11.8. The normalized spacial score (nSPS) is 21.8. The van der Waals surface area contributed by atoms with Crippen LogP contribution in [0.1, 0.15) is 37.8 Å². The summed E-state index contributed by atoms with van der Waals surface area (Å²) in [5.41, 5.74) is 1.40. The molecule has 1 aromatic rings. The summed E-state index contributed by atoms with van der Waals surface area (Å²) in [4.78, 5) is 24.0. The van der Waals surface area contributed by atoms with Crippen LogP contribution in [0.25, 0.3) is 0 Å². The number of carbonyl (C=O) groups excluding carboxylic acids is 1. The molecule has 0 amide bonds. The summed E-state index contributed by atoms with van der Waals surface area (Å²) in [5, 5.41) is 3.43. The highest BCUT2D eigenvalue weighted by Gasteiger charge is 2.28. The number of aliphatic imine (C=N–C) groups is 1. The number of piperidine rings is 1. The molecule has 3 rings (SSSR count). The molecule has 7 heteroatoms. The molecule has 2 fully saturated rings. The van der Waals surface area contributed by atoms with Crippen LogP contribution < -0.4 is 5.32 Å². The summed E-state index contributed by atoms with van der Waals surface area (Å²) >= 11 is 0. The first-order valence-corrected chi connectivity index (χ1v) is 11.7. The van der Waals surface area contributed by atoms with Gasteiger partial charge in [0.15, 0.2) is 5.96 Å². The van der Waals surface area contributed by atoms with Crippen LogP contribution >= 0.6 is 0 Å². The quantitative estimate of drug-likeness (QED) is 0.310. The smallest absolute Gasteiger partial charge is 0.308 e. The number of nitrogens with zero attached hydrogens (tertiary/aromatic N) is 4. The summed E-state index contributed by atoms with van der Waals surface area (Å²) < 4.78 is 4.91. The highest BCUT2D eigenvalue weighted by atomic mass is 16.5. The lowest BCUT2D eigenvalue weighted by molar-refractivity contribution is -0.146. The fraction of sp³-hybridized carbons (Fsp3) is 0.667. The number of hydrogen-bond acceptors (Lipinski definition) is 5. The zero-order chi connectivity index (χ0) is 22.1. The average Bonchev–Trinajstić information content (AvgIpc) is 2.82. The van der Waals surface area contributed by atoms with Gasteiger partial charge in [0.25, 0.3) is 0 Å². The van der Waals surface area contributed by atoms with Crippen molar-refractivity contribution in [2.45, 2.75) is 32.2 Å². The van der Waals surface area contributed by atoms with Crippen LogP contribution in [-0.4, -0.2) is 93.1 Å². The van der Waals surface area contributed by atoms with Gasteiger partial charge in [-0.05, 0) is 38.8 Å². The molecule has 0 radical (unpaired) electrons. The second-order valence-corrected chi connectivity index (χ2v) is 8.60. The van der Waals surface area contributed by atoms with Gasteiger partial charge in [-0.2, -0.15) is 0 Å². The number of esters is 1. The fourth-order valence-electron chi connectivity index (χ4n) is 4.59. The number of piperazine rings is 1. The molecular weight excluding hydrogens is 390 g/mol. The van der Waals surface area contributed by atoms with Crippen LogP contribution in [-0.2, 0) is 9.53 Å². The zero-order valence-electron chi connectivity index (χ0n) is 19.4. The van der Waals surface area contributed by atoms with E-state index in [-0.39, 0.29) is 11.9 Å². The van der Waals surface area contributed by atoms with Crippen LogP contribution in [0.15, 0.2) is 35.3 Å². The van der Waals surface area contributed by atoms with Crippen molar-refractivity contribution < 1.29 is 9.53 Å². The Labute approximate surface area is 187 Å². The lowest BCUT2D eigenvalue weighted by Crippen LogP contribution is -2.47. The third-order valence-corrected chi connectivity index (χ3v) is 6.41.